The fourth-order valence-corrected chi connectivity index (χ4v) is 2.42. The molecule has 1 aliphatic heterocycles. The van der Waals surface area contributed by atoms with Crippen LogP contribution in [0, 0.1) is 0 Å². The van der Waals surface area contributed by atoms with E-state index >= 15 is 0 Å². The molecule has 0 spiro atoms. The Morgan fingerprint density at radius 1 is 1.35 bits per heavy atom. The molecule has 0 bridgehead atoms. The number of rotatable bonds is 3. The Morgan fingerprint density at radius 3 is 2.59 bits per heavy atom. The van der Waals surface area contributed by atoms with Crippen molar-refractivity contribution in [2.24, 2.45) is 0 Å². The molecule has 0 aromatic carbocycles. The van der Waals surface area contributed by atoms with E-state index in [0.29, 0.717) is 16.3 Å². The number of carbonyl (C=O) groups excluding carboxylic acids is 1. The van der Waals surface area contributed by atoms with Crippen LogP contribution in [0.15, 0.2) is 21.2 Å². The molecular weight excluding hydrogens is 307 g/mol. The van der Waals surface area contributed by atoms with Crippen LogP contribution in [0.1, 0.15) is 10.6 Å². The maximum absolute atomic E-state index is 12.0. The minimum Gasteiger partial charge on any atom is -0.444 e. The second kappa shape index (κ2) is 5.89. The zero-order valence-electron chi connectivity index (χ0n) is 9.36. The van der Waals surface area contributed by atoms with Crippen LogP contribution < -0.4 is 0 Å². The van der Waals surface area contributed by atoms with Gasteiger partial charge in [0.1, 0.15) is 0 Å². The first-order valence-corrected chi connectivity index (χ1v) is 6.86. The van der Waals surface area contributed by atoms with Gasteiger partial charge in [0, 0.05) is 38.6 Å². The first-order valence-electron chi connectivity index (χ1n) is 5.53. The summed E-state index contributed by atoms with van der Waals surface area (Å²) in [6, 6.07) is 3.43. The Labute approximate surface area is 114 Å². The summed E-state index contributed by atoms with van der Waals surface area (Å²) in [4.78, 5) is 16.1. The number of piperazine rings is 1. The number of hydrogen-bond donors (Lipinski definition) is 0. The summed E-state index contributed by atoms with van der Waals surface area (Å²) in [5.74, 6) is 0.989. The molecule has 4 nitrogen and oxygen atoms in total. The van der Waals surface area contributed by atoms with Gasteiger partial charge in [0.2, 0.25) is 0 Å². The van der Waals surface area contributed by atoms with Gasteiger partial charge in [-0.25, -0.2) is 0 Å². The molecule has 6 heteroatoms. The van der Waals surface area contributed by atoms with Gasteiger partial charge < -0.3 is 9.32 Å². The molecular formula is C11H14BrClN2O2. The largest absolute Gasteiger partial charge is 0.444 e. The molecule has 0 N–H and O–H groups in total. The lowest BCUT2D eigenvalue weighted by molar-refractivity contribution is 0.0612. The zero-order chi connectivity index (χ0) is 12.3. The van der Waals surface area contributed by atoms with Gasteiger partial charge in [0.15, 0.2) is 10.4 Å². The van der Waals surface area contributed by atoms with Gasteiger partial charge in [-0.2, -0.15) is 0 Å². The average molecular weight is 322 g/mol. The monoisotopic (exact) mass is 320 g/mol. The van der Waals surface area contributed by atoms with Crippen molar-refractivity contribution in [2.45, 2.75) is 0 Å². The van der Waals surface area contributed by atoms with Gasteiger partial charge in [-0.15, -0.1) is 11.6 Å². The van der Waals surface area contributed by atoms with Crippen LogP contribution >= 0.6 is 27.5 Å². The molecule has 0 aliphatic carbocycles. The van der Waals surface area contributed by atoms with E-state index in [1.165, 1.54) is 0 Å². The Kier molecular flexibility index (Phi) is 4.48. The van der Waals surface area contributed by atoms with E-state index in [9.17, 15) is 4.79 Å². The van der Waals surface area contributed by atoms with E-state index in [4.69, 9.17) is 16.0 Å². The molecule has 1 aromatic rings. The van der Waals surface area contributed by atoms with E-state index in [1.54, 1.807) is 12.1 Å². The molecule has 1 saturated heterocycles. The lowest BCUT2D eigenvalue weighted by atomic mass is 10.3. The minimum absolute atomic E-state index is 0.0405. The molecule has 0 unspecified atom stereocenters. The van der Waals surface area contributed by atoms with Crippen LogP contribution in [0.25, 0.3) is 0 Å². The van der Waals surface area contributed by atoms with Crippen LogP contribution in [0.4, 0.5) is 0 Å². The highest BCUT2D eigenvalue weighted by Gasteiger charge is 2.23. The van der Waals surface area contributed by atoms with E-state index in [-0.39, 0.29) is 5.91 Å². The summed E-state index contributed by atoms with van der Waals surface area (Å²) in [6.45, 7) is 4.10. The smallest absolute Gasteiger partial charge is 0.289 e. The number of furan rings is 1. The van der Waals surface area contributed by atoms with Crippen molar-refractivity contribution in [2.75, 3.05) is 38.6 Å². The molecule has 0 radical (unpaired) electrons. The fourth-order valence-electron chi connectivity index (χ4n) is 1.88. The predicted octanol–water partition coefficient (Wildman–Crippen LogP) is 2.04. The van der Waals surface area contributed by atoms with Crippen LogP contribution in [0.3, 0.4) is 0 Å². The third-order valence-electron chi connectivity index (χ3n) is 2.84. The lowest BCUT2D eigenvalue weighted by Gasteiger charge is -2.33. The summed E-state index contributed by atoms with van der Waals surface area (Å²) in [6.07, 6.45) is 0. The minimum atomic E-state index is -0.0405. The number of hydrogen-bond acceptors (Lipinski definition) is 3. The summed E-state index contributed by atoms with van der Waals surface area (Å²) in [5, 5.41) is 0. The quantitative estimate of drug-likeness (QED) is 0.800. The highest BCUT2D eigenvalue weighted by Crippen LogP contribution is 2.16. The Balaban J connectivity index is 1.90. The molecule has 1 aliphatic rings. The molecule has 2 heterocycles. The molecule has 17 heavy (non-hydrogen) atoms. The van der Waals surface area contributed by atoms with Crippen molar-refractivity contribution in [1.29, 1.82) is 0 Å². The van der Waals surface area contributed by atoms with Crippen LogP contribution in [0.2, 0.25) is 0 Å². The maximum atomic E-state index is 12.0. The Bertz CT molecular complexity index is 389. The van der Waals surface area contributed by atoms with Crippen molar-refractivity contribution >= 4 is 33.4 Å². The number of carbonyl (C=O) groups is 1. The van der Waals surface area contributed by atoms with Crippen molar-refractivity contribution in [3.63, 3.8) is 0 Å². The summed E-state index contributed by atoms with van der Waals surface area (Å²) in [7, 11) is 0. The highest BCUT2D eigenvalue weighted by atomic mass is 79.9. The number of amides is 1. The van der Waals surface area contributed by atoms with E-state index < -0.39 is 0 Å². The van der Waals surface area contributed by atoms with Crippen molar-refractivity contribution in [3.8, 4) is 0 Å². The molecule has 94 valence electrons. The first-order chi connectivity index (χ1) is 8.20. The second-order valence-corrected chi connectivity index (χ2v) is 5.09. The van der Waals surface area contributed by atoms with Crippen molar-refractivity contribution in [3.05, 3.63) is 22.6 Å². The van der Waals surface area contributed by atoms with E-state index in [1.807, 2.05) is 4.90 Å². The van der Waals surface area contributed by atoms with Gasteiger partial charge in [0.05, 0.1) is 0 Å². The third-order valence-corrected chi connectivity index (χ3v) is 3.44. The number of halogens is 2. The van der Waals surface area contributed by atoms with Gasteiger partial charge in [-0.3, -0.25) is 9.69 Å². The topological polar surface area (TPSA) is 36.7 Å². The fraction of sp³-hybridized carbons (Fsp3) is 0.545. The van der Waals surface area contributed by atoms with Gasteiger partial charge >= 0.3 is 0 Å². The van der Waals surface area contributed by atoms with Crippen molar-refractivity contribution < 1.29 is 9.21 Å². The lowest BCUT2D eigenvalue weighted by Crippen LogP contribution is -2.49. The molecule has 2 rings (SSSR count). The Hall–Kier alpha value is -0.520. The standard InChI is InChI=1S/C11H14BrClN2O2/c12-10-2-1-9(17-10)11(16)15-7-5-14(4-3-13)6-8-15/h1-2H,3-8H2. The molecule has 1 amide bonds. The van der Waals surface area contributed by atoms with Gasteiger partial charge in [-0.05, 0) is 28.1 Å². The molecule has 0 saturated carbocycles. The van der Waals surface area contributed by atoms with Crippen LogP contribution in [-0.4, -0.2) is 54.3 Å². The van der Waals surface area contributed by atoms with Gasteiger partial charge in [-0.1, -0.05) is 0 Å². The SMILES string of the molecule is O=C(c1ccc(Br)o1)N1CCN(CCCl)CC1. The maximum Gasteiger partial charge on any atom is 0.289 e. The normalized spacial score (nSPS) is 17.4. The van der Waals surface area contributed by atoms with E-state index in [2.05, 4.69) is 20.8 Å². The summed E-state index contributed by atoms with van der Waals surface area (Å²) >= 11 is 8.88. The summed E-state index contributed by atoms with van der Waals surface area (Å²) < 4.78 is 5.85. The average Bonchev–Trinajstić information content (AvgIpc) is 2.76. The number of alkyl halides is 1. The molecule has 1 aromatic heterocycles. The highest BCUT2D eigenvalue weighted by molar-refractivity contribution is 9.10. The van der Waals surface area contributed by atoms with Gasteiger partial charge in [0.25, 0.3) is 5.91 Å². The summed E-state index contributed by atoms with van der Waals surface area (Å²) in [5.41, 5.74) is 0. The molecule has 0 atom stereocenters. The van der Waals surface area contributed by atoms with Crippen LogP contribution in [0.5, 0.6) is 0 Å². The van der Waals surface area contributed by atoms with Crippen molar-refractivity contribution in [1.82, 2.24) is 9.80 Å². The number of nitrogens with zero attached hydrogens (tertiary/aromatic N) is 2. The third kappa shape index (κ3) is 3.24. The van der Waals surface area contributed by atoms with E-state index in [0.717, 1.165) is 32.7 Å². The second-order valence-electron chi connectivity index (χ2n) is 3.93. The predicted molar refractivity (Wildman–Crippen MR) is 69.5 cm³/mol. The van der Waals surface area contributed by atoms with Crippen LogP contribution in [-0.2, 0) is 0 Å². The first kappa shape index (κ1) is 12.9. The zero-order valence-corrected chi connectivity index (χ0v) is 11.7. The molecule has 1 fully saturated rings. The Morgan fingerprint density at radius 2 is 2.06 bits per heavy atom.